The summed E-state index contributed by atoms with van der Waals surface area (Å²) in [4.78, 5) is 10.5. The zero-order chi connectivity index (χ0) is 13.6. The van der Waals surface area contributed by atoms with Gasteiger partial charge in [0.05, 0.1) is 4.90 Å². The Morgan fingerprint density at radius 1 is 1.28 bits per heavy atom. The fourth-order valence-electron chi connectivity index (χ4n) is 1.28. The van der Waals surface area contributed by atoms with Crippen LogP contribution in [-0.4, -0.2) is 25.7 Å². The quantitative estimate of drug-likeness (QED) is 0.665. The summed E-state index contributed by atoms with van der Waals surface area (Å²) in [5, 5.41) is 8.43. The number of sulfone groups is 1. The monoisotopic (exact) mass is 266 g/mol. The normalized spacial score (nSPS) is 10.5. The minimum absolute atomic E-state index is 0.113. The highest BCUT2D eigenvalue weighted by Gasteiger charge is 2.04. The Bertz CT molecular complexity index is 574. The summed E-state index contributed by atoms with van der Waals surface area (Å²) >= 11 is 0. The van der Waals surface area contributed by atoms with Gasteiger partial charge in [-0.25, -0.2) is 8.42 Å². The number of rotatable bonds is 4. The molecule has 0 aromatic heterocycles. The molecular weight excluding hydrogens is 252 g/mol. The number of hydrogen-bond donors (Lipinski definition) is 1. The molecule has 0 fully saturated rings. The Morgan fingerprint density at radius 2 is 1.89 bits per heavy atom. The maximum absolute atomic E-state index is 11.2. The van der Waals surface area contributed by atoms with Crippen molar-refractivity contribution < 1.29 is 18.3 Å². The van der Waals surface area contributed by atoms with Gasteiger partial charge < -0.3 is 5.11 Å². The van der Waals surface area contributed by atoms with E-state index in [9.17, 15) is 13.2 Å². The number of aliphatic carboxylic acids is 1. The second kappa shape index (κ2) is 6.22. The second-order valence-corrected chi connectivity index (χ2v) is 5.86. The first-order valence-corrected chi connectivity index (χ1v) is 7.29. The molecule has 0 saturated heterocycles. The van der Waals surface area contributed by atoms with E-state index in [1.807, 2.05) is 0 Å². The SMILES string of the molecule is CS(=O)(=O)c1ccc(C#CCCCC(=O)O)cc1. The van der Waals surface area contributed by atoms with Crippen molar-refractivity contribution in [3.05, 3.63) is 29.8 Å². The van der Waals surface area contributed by atoms with Crippen molar-refractivity contribution in [3.63, 3.8) is 0 Å². The number of carboxylic acid groups (broad SMARTS) is 1. The van der Waals surface area contributed by atoms with Crippen molar-refractivity contribution in [2.75, 3.05) is 6.26 Å². The summed E-state index contributed by atoms with van der Waals surface area (Å²) in [7, 11) is -3.17. The van der Waals surface area contributed by atoms with E-state index in [1.165, 1.54) is 12.1 Å². The van der Waals surface area contributed by atoms with Crippen molar-refractivity contribution in [2.24, 2.45) is 0 Å². The molecule has 0 unspecified atom stereocenters. The summed E-state index contributed by atoms with van der Waals surface area (Å²) in [5.41, 5.74) is 0.720. The van der Waals surface area contributed by atoms with E-state index in [-0.39, 0.29) is 11.3 Å². The molecule has 0 aliphatic carbocycles. The second-order valence-electron chi connectivity index (χ2n) is 3.85. The standard InChI is InChI=1S/C13H14O4S/c1-18(16,17)12-9-7-11(8-10-12)5-3-2-4-6-13(14)15/h7-10H,2,4,6H2,1H3,(H,14,15). The highest BCUT2D eigenvalue weighted by Crippen LogP contribution is 2.09. The van der Waals surface area contributed by atoms with Gasteiger partial charge in [-0.1, -0.05) is 11.8 Å². The maximum atomic E-state index is 11.2. The molecular formula is C13H14O4S. The van der Waals surface area contributed by atoms with Crippen LogP contribution in [0.5, 0.6) is 0 Å². The van der Waals surface area contributed by atoms with Gasteiger partial charge in [-0.15, -0.1) is 0 Å². The lowest BCUT2D eigenvalue weighted by Crippen LogP contribution is -1.96. The van der Waals surface area contributed by atoms with Gasteiger partial charge in [0.25, 0.3) is 0 Å². The average molecular weight is 266 g/mol. The summed E-state index contributed by atoms with van der Waals surface area (Å²) < 4.78 is 22.4. The lowest BCUT2D eigenvalue weighted by atomic mass is 10.2. The molecule has 0 aliphatic heterocycles. The molecule has 0 saturated carbocycles. The summed E-state index contributed by atoms with van der Waals surface area (Å²) in [6, 6.07) is 6.30. The van der Waals surface area contributed by atoms with E-state index in [0.717, 1.165) is 11.8 Å². The molecule has 0 amide bonds. The lowest BCUT2D eigenvalue weighted by molar-refractivity contribution is -0.137. The molecule has 1 N–H and O–H groups in total. The predicted molar refractivity (Wildman–Crippen MR) is 67.9 cm³/mol. The van der Waals surface area contributed by atoms with Crippen LogP contribution in [0, 0.1) is 11.8 Å². The number of hydrogen-bond acceptors (Lipinski definition) is 3. The van der Waals surface area contributed by atoms with E-state index in [0.29, 0.717) is 12.8 Å². The topological polar surface area (TPSA) is 71.4 Å². The van der Waals surface area contributed by atoms with Crippen LogP contribution in [-0.2, 0) is 14.6 Å². The lowest BCUT2D eigenvalue weighted by Gasteiger charge is -1.97. The van der Waals surface area contributed by atoms with Crippen LogP contribution in [0.4, 0.5) is 0 Å². The molecule has 1 aromatic rings. The minimum atomic E-state index is -3.17. The average Bonchev–Trinajstić information content (AvgIpc) is 2.27. The van der Waals surface area contributed by atoms with E-state index in [4.69, 9.17) is 5.11 Å². The third kappa shape index (κ3) is 5.02. The molecule has 0 heterocycles. The molecule has 96 valence electrons. The van der Waals surface area contributed by atoms with E-state index in [2.05, 4.69) is 11.8 Å². The summed E-state index contributed by atoms with van der Waals surface area (Å²) in [5.74, 6) is 4.89. The summed E-state index contributed by atoms with van der Waals surface area (Å²) in [6.07, 6.45) is 2.30. The van der Waals surface area contributed by atoms with Gasteiger partial charge in [-0.2, -0.15) is 0 Å². The van der Waals surface area contributed by atoms with Gasteiger partial charge >= 0.3 is 5.97 Å². The van der Waals surface area contributed by atoms with Gasteiger partial charge in [-0.3, -0.25) is 4.79 Å². The fraction of sp³-hybridized carbons (Fsp3) is 0.308. The van der Waals surface area contributed by atoms with E-state index in [1.54, 1.807) is 12.1 Å². The van der Waals surface area contributed by atoms with E-state index < -0.39 is 15.8 Å². The van der Waals surface area contributed by atoms with Crippen molar-refractivity contribution in [1.29, 1.82) is 0 Å². The van der Waals surface area contributed by atoms with Gasteiger partial charge in [-0.05, 0) is 30.7 Å². The first kappa shape index (κ1) is 14.3. The smallest absolute Gasteiger partial charge is 0.303 e. The Hall–Kier alpha value is -1.80. The maximum Gasteiger partial charge on any atom is 0.303 e. The molecule has 0 spiro atoms. The number of unbranched alkanes of at least 4 members (excludes halogenated alkanes) is 1. The first-order valence-electron chi connectivity index (χ1n) is 5.40. The Labute approximate surface area is 107 Å². The third-order valence-electron chi connectivity index (χ3n) is 2.21. The van der Waals surface area contributed by atoms with Crippen LogP contribution in [0.3, 0.4) is 0 Å². The zero-order valence-corrected chi connectivity index (χ0v) is 10.8. The van der Waals surface area contributed by atoms with Crippen LogP contribution in [0.2, 0.25) is 0 Å². The van der Waals surface area contributed by atoms with Crippen molar-refractivity contribution in [2.45, 2.75) is 24.2 Å². The number of carboxylic acids is 1. The Morgan fingerprint density at radius 3 is 2.39 bits per heavy atom. The molecule has 0 atom stereocenters. The molecule has 18 heavy (non-hydrogen) atoms. The van der Waals surface area contributed by atoms with Gasteiger partial charge in [0, 0.05) is 24.7 Å². The molecule has 4 nitrogen and oxygen atoms in total. The van der Waals surface area contributed by atoms with Gasteiger partial charge in [0.2, 0.25) is 0 Å². The predicted octanol–water partition coefficient (Wildman–Crippen LogP) is 1.70. The Kier molecular flexibility index (Phi) is 4.93. The van der Waals surface area contributed by atoms with Crippen LogP contribution < -0.4 is 0 Å². The zero-order valence-electron chi connectivity index (χ0n) is 10.0. The third-order valence-corrected chi connectivity index (χ3v) is 3.34. The van der Waals surface area contributed by atoms with Crippen molar-refractivity contribution >= 4 is 15.8 Å². The molecule has 5 heteroatoms. The molecule has 0 bridgehead atoms. The summed E-state index contributed by atoms with van der Waals surface area (Å²) in [6.45, 7) is 0. The van der Waals surface area contributed by atoms with Gasteiger partial charge in [0.15, 0.2) is 9.84 Å². The number of carbonyl (C=O) groups is 1. The highest BCUT2D eigenvalue weighted by molar-refractivity contribution is 7.90. The van der Waals surface area contributed by atoms with E-state index >= 15 is 0 Å². The van der Waals surface area contributed by atoms with Crippen molar-refractivity contribution in [3.8, 4) is 11.8 Å². The fourth-order valence-corrected chi connectivity index (χ4v) is 1.91. The molecule has 0 aliphatic rings. The van der Waals surface area contributed by atoms with Crippen LogP contribution in [0.15, 0.2) is 29.2 Å². The van der Waals surface area contributed by atoms with Crippen LogP contribution in [0.25, 0.3) is 0 Å². The molecule has 0 radical (unpaired) electrons. The first-order chi connectivity index (χ1) is 8.39. The van der Waals surface area contributed by atoms with Crippen LogP contribution >= 0.6 is 0 Å². The number of benzene rings is 1. The minimum Gasteiger partial charge on any atom is -0.481 e. The van der Waals surface area contributed by atoms with Crippen LogP contribution in [0.1, 0.15) is 24.8 Å². The largest absolute Gasteiger partial charge is 0.481 e. The van der Waals surface area contributed by atoms with Crippen molar-refractivity contribution in [1.82, 2.24) is 0 Å². The molecule has 1 aromatic carbocycles. The molecule has 1 rings (SSSR count). The van der Waals surface area contributed by atoms with Gasteiger partial charge in [0.1, 0.15) is 0 Å². The Balaban J connectivity index is 2.59. The highest BCUT2D eigenvalue weighted by atomic mass is 32.2.